The summed E-state index contributed by atoms with van der Waals surface area (Å²) in [7, 11) is -1.51. The SMILES string of the molecule is C=CCCCOC(=O)NC(C(=O)N1CC(Oc2nc(On3nnc4ccccc43)nc3ccc(C=C)cc23)C[C@H]1C(=O)OCC[Si](C)(C)C)C(C)C. The highest BCUT2D eigenvalue weighted by Crippen LogP contribution is 2.31. The molecule has 4 aromatic rings. The first-order chi connectivity index (χ1) is 24.9. The van der Waals surface area contributed by atoms with Crippen molar-refractivity contribution in [1.82, 2.24) is 35.3 Å². The zero-order valence-electron chi connectivity index (χ0n) is 30.4. The number of alkyl carbamates (subject to hydrolysis) is 1. The Balaban J connectivity index is 1.43. The number of aromatic nitrogens is 5. The molecule has 3 heterocycles. The molecule has 2 aromatic carbocycles. The van der Waals surface area contributed by atoms with E-state index in [9.17, 15) is 14.4 Å². The molecule has 1 saturated heterocycles. The number of carbonyl (C=O) groups excluding carboxylic acids is 3. The van der Waals surface area contributed by atoms with Crippen LogP contribution in [0, 0.1) is 5.92 Å². The van der Waals surface area contributed by atoms with Gasteiger partial charge in [0.2, 0.25) is 11.8 Å². The third-order valence-electron chi connectivity index (χ3n) is 8.57. The van der Waals surface area contributed by atoms with E-state index < -0.39 is 44.2 Å². The summed E-state index contributed by atoms with van der Waals surface area (Å²) in [4.78, 5) is 58.4. The second kappa shape index (κ2) is 16.8. The summed E-state index contributed by atoms with van der Waals surface area (Å²) < 4.78 is 17.6. The van der Waals surface area contributed by atoms with Gasteiger partial charge in [-0.1, -0.05) is 75.3 Å². The van der Waals surface area contributed by atoms with Gasteiger partial charge in [0.25, 0.3) is 0 Å². The lowest BCUT2D eigenvalue weighted by Gasteiger charge is -2.29. The fourth-order valence-electron chi connectivity index (χ4n) is 5.66. The van der Waals surface area contributed by atoms with Crippen molar-refractivity contribution in [2.24, 2.45) is 5.92 Å². The molecular formula is C37H47N7O7Si. The van der Waals surface area contributed by atoms with Crippen LogP contribution in [0.4, 0.5) is 4.79 Å². The first kappa shape index (κ1) is 37.9. The molecule has 3 atom stereocenters. The van der Waals surface area contributed by atoms with Gasteiger partial charge in [-0.25, -0.2) is 9.59 Å². The molecule has 2 amide bonds. The van der Waals surface area contributed by atoms with Crippen LogP contribution in [-0.2, 0) is 19.1 Å². The summed E-state index contributed by atoms with van der Waals surface area (Å²) in [5, 5.41) is 11.5. The summed E-state index contributed by atoms with van der Waals surface area (Å²) >= 11 is 0. The number of benzene rings is 2. The predicted molar refractivity (Wildman–Crippen MR) is 199 cm³/mol. The Kier molecular flexibility index (Phi) is 12.3. The lowest BCUT2D eigenvalue weighted by atomic mass is 10.0. The molecular weight excluding hydrogens is 683 g/mol. The number of nitrogens with zero attached hydrogens (tertiary/aromatic N) is 6. The van der Waals surface area contributed by atoms with Crippen molar-refractivity contribution in [1.29, 1.82) is 0 Å². The van der Waals surface area contributed by atoms with Gasteiger partial charge < -0.3 is 29.3 Å². The maximum Gasteiger partial charge on any atom is 0.407 e. The zero-order chi connectivity index (χ0) is 37.4. The second-order valence-corrected chi connectivity index (χ2v) is 19.8. The number of amides is 2. The van der Waals surface area contributed by atoms with Crippen molar-refractivity contribution < 1.29 is 33.4 Å². The van der Waals surface area contributed by atoms with E-state index in [1.54, 1.807) is 30.4 Å². The molecule has 0 saturated carbocycles. The van der Waals surface area contributed by atoms with E-state index in [1.807, 2.05) is 38.1 Å². The van der Waals surface area contributed by atoms with Gasteiger partial charge in [-0.2, -0.15) is 9.97 Å². The van der Waals surface area contributed by atoms with Gasteiger partial charge in [0, 0.05) is 14.5 Å². The van der Waals surface area contributed by atoms with Crippen molar-refractivity contribution >= 4 is 54.1 Å². The third kappa shape index (κ3) is 9.51. The van der Waals surface area contributed by atoms with E-state index >= 15 is 0 Å². The maximum atomic E-state index is 14.2. The smallest absolute Gasteiger partial charge is 0.407 e. The normalized spacial score (nSPS) is 16.5. The van der Waals surface area contributed by atoms with E-state index in [-0.39, 0.29) is 44.0 Å². The molecule has 0 spiro atoms. The van der Waals surface area contributed by atoms with Crippen LogP contribution in [0.25, 0.3) is 28.0 Å². The van der Waals surface area contributed by atoms with Crippen LogP contribution >= 0.6 is 0 Å². The minimum absolute atomic E-state index is 0.0302. The van der Waals surface area contributed by atoms with Crippen LogP contribution < -0.4 is 14.9 Å². The molecule has 52 heavy (non-hydrogen) atoms. The summed E-state index contributed by atoms with van der Waals surface area (Å²) in [6.45, 7) is 18.2. The molecule has 276 valence electrons. The van der Waals surface area contributed by atoms with E-state index in [4.69, 9.17) is 19.0 Å². The minimum atomic E-state index is -1.51. The van der Waals surface area contributed by atoms with Crippen molar-refractivity contribution in [2.75, 3.05) is 19.8 Å². The minimum Gasteiger partial charge on any atom is -0.472 e. The van der Waals surface area contributed by atoms with E-state index in [0.29, 0.717) is 34.8 Å². The molecule has 0 radical (unpaired) electrons. The Morgan fingerprint density at radius 1 is 1.04 bits per heavy atom. The van der Waals surface area contributed by atoms with Crippen LogP contribution in [-0.4, -0.2) is 94.0 Å². The van der Waals surface area contributed by atoms with Gasteiger partial charge >= 0.3 is 18.1 Å². The Morgan fingerprint density at radius 2 is 1.83 bits per heavy atom. The number of carbonyl (C=O) groups is 3. The number of hydrogen-bond acceptors (Lipinski definition) is 11. The number of ether oxygens (including phenoxy) is 3. The highest BCUT2D eigenvalue weighted by atomic mass is 28.3. The molecule has 15 heteroatoms. The number of allylic oxidation sites excluding steroid dienone is 1. The second-order valence-electron chi connectivity index (χ2n) is 14.2. The van der Waals surface area contributed by atoms with E-state index in [1.165, 1.54) is 9.75 Å². The zero-order valence-corrected chi connectivity index (χ0v) is 31.4. The summed E-state index contributed by atoms with van der Waals surface area (Å²) in [5.41, 5.74) is 2.58. The molecule has 5 rings (SSSR count). The average molecular weight is 730 g/mol. The van der Waals surface area contributed by atoms with Gasteiger partial charge in [-0.15, -0.1) is 11.7 Å². The number of hydrogen-bond donors (Lipinski definition) is 1. The predicted octanol–water partition coefficient (Wildman–Crippen LogP) is 5.81. The lowest BCUT2D eigenvalue weighted by molar-refractivity contribution is -0.153. The molecule has 2 aromatic heterocycles. The fourth-order valence-corrected chi connectivity index (χ4v) is 6.38. The summed E-state index contributed by atoms with van der Waals surface area (Å²) in [6.07, 6.45) is 3.48. The van der Waals surface area contributed by atoms with Crippen molar-refractivity contribution in [3.63, 3.8) is 0 Å². The molecule has 0 aliphatic carbocycles. The monoisotopic (exact) mass is 729 g/mol. The molecule has 0 bridgehead atoms. The van der Waals surface area contributed by atoms with Crippen LogP contribution in [0.3, 0.4) is 0 Å². The number of rotatable bonds is 16. The fraction of sp³-hybridized carbons (Fsp3) is 0.432. The number of nitrogens with one attached hydrogen (secondary N) is 1. The summed E-state index contributed by atoms with van der Waals surface area (Å²) in [6, 6.07) is 11.6. The Bertz CT molecular complexity index is 1930. The van der Waals surface area contributed by atoms with Crippen molar-refractivity contribution in [3.8, 4) is 11.9 Å². The van der Waals surface area contributed by atoms with Gasteiger partial charge in [0.1, 0.15) is 29.2 Å². The Hall–Kier alpha value is -5.31. The van der Waals surface area contributed by atoms with Gasteiger partial charge in [0.15, 0.2) is 0 Å². The van der Waals surface area contributed by atoms with Crippen LogP contribution in [0.1, 0.15) is 38.7 Å². The number of esters is 1. The largest absolute Gasteiger partial charge is 0.472 e. The third-order valence-corrected chi connectivity index (χ3v) is 10.3. The van der Waals surface area contributed by atoms with Gasteiger partial charge in [-0.3, -0.25) is 4.79 Å². The van der Waals surface area contributed by atoms with Crippen LogP contribution in [0.5, 0.6) is 11.9 Å². The Morgan fingerprint density at radius 3 is 2.56 bits per heavy atom. The van der Waals surface area contributed by atoms with Gasteiger partial charge in [-0.05, 0) is 59.8 Å². The van der Waals surface area contributed by atoms with Gasteiger partial charge in [0.05, 0.1) is 30.7 Å². The standard InChI is InChI=1S/C37H47N7O7Si/c1-8-10-13-18-49-37(47)39-32(24(3)4)34(45)43-23-26(22-31(43)35(46)48-19-20-52(5,6)7)50-33-27-21-25(9-2)16-17-28(27)38-36(40-33)51-44-30-15-12-11-14-29(30)41-42-44/h8-9,11-12,14-17,21,24,26,31-32H,1-2,10,13,18-20,22-23H2,3-7H3,(H,39,47)/t26?,31-,32?/m0/s1. The quantitative estimate of drug-likeness (QED) is 0.0642. The Labute approximate surface area is 304 Å². The molecule has 2 unspecified atom stereocenters. The van der Waals surface area contributed by atoms with Crippen LogP contribution in [0.2, 0.25) is 25.7 Å². The molecule has 1 N–H and O–H groups in total. The van der Waals surface area contributed by atoms with E-state index in [0.717, 1.165) is 11.6 Å². The van der Waals surface area contributed by atoms with Crippen molar-refractivity contribution in [3.05, 3.63) is 67.3 Å². The molecule has 14 nitrogen and oxygen atoms in total. The highest BCUT2D eigenvalue weighted by molar-refractivity contribution is 6.76. The highest BCUT2D eigenvalue weighted by Gasteiger charge is 2.45. The molecule has 1 fully saturated rings. The first-order valence-corrected chi connectivity index (χ1v) is 21.2. The maximum absolute atomic E-state index is 14.2. The average Bonchev–Trinajstić information content (AvgIpc) is 3.72. The molecule has 1 aliphatic heterocycles. The lowest BCUT2D eigenvalue weighted by Crippen LogP contribution is -2.54. The van der Waals surface area contributed by atoms with Crippen molar-refractivity contribution in [2.45, 2.75) is 77.0 Å². The van der Waals surface area contributed by atoms with E-state index in [2.05, 4.69) is 58.4 Å². The number of likely N-dealkylation sites (tertiary alicyclic amines) is 1. The first-order valence-electron chi connectivity index (χ1n) is 17.5. The summed E-state index contributed by atoms with van der Waals surface area (Å²) in [5.74, 6) is -1.11. The molecule has 1 aliphatic rings. The number of fused-ring (bicyclic) bond motifs is 2. The number of para-hydroxylation sites is 1. The number of unbranched alkanes of at least 4 members (excludes halogenated alkanes) is 1. The van der Waals surface area contributed by atoms with Crippen LogP contribution in [0.15, 0.2) is 61.7 Å². The topological polar surface area (TPSA) is 160 Å².